The zero-order valence-corrected chi connectivity index (χ0v) is 12.5. The first-order chi connectivity index (χ1) is 10.1. The van der Waals surface area contributed by atoms with Crippen LogP contribution in [0.4, 0.5) is 5.69 Å². The van der Waals surface area contributed by atoms with Crippen LogP contribution >= 0.6 is 11.3 Å². The number of hydrogen-bond acceptors (Lipinski definition) is 5. The van der Waals surface area contributed by atoms with Gasteiger partial charge >= 0.3 is 0 Å². The van der Waals surface area contributed by atoms with Crippen molar-refractivity contribution >= 4 is 22.9 Å². The lowest BCUT2D eigenvalue weighted by Crippen LogP contribution is -2.37. The third-order valence-corrected chi connectivity index (χ3v) is 4.30. The summed E-state index contributed by atoms with van der Waals surface area (Å²) in [5.74, 6) is -0.358. The molecule has 0 radical (unpaired) electrons. The monoisotopic (exact) mass is 303 g/mol. The number of nitrogens with zero attached hydrogens (tertiary/aromatic N) is 1. The number of rotatable bonds is 3. The first-order valence-electron chi connectivity index (χ1n) is 6.80. The number of carbonyl (C=O) groups is 1. The van der Waals surface area contributed by atoms with E-state index in [0.717, 1.165) is 22.0 Å². The van der Waals surface area contributed by atoms with E-state index in [1.165, 1.54) is 0 Å². The number of ether oxygens (including phenoxy) is 1. The minimum Gasteiger partial charge on any atom is -0.379 e. The second-order valence-electron chi connectivity index (χ2n) is 5.13. The normalized spacial score (nSPS) is 21.4. The van der Waals surface area contributed by atoms with Gasteiger partial charge in [0, 0.05) is 22.7 Å². The van der Waals surface area contributed by atoms with Crippen LogP contribution in [0, 0.1) is 12.8 Å². The summed E-state index contributed by atoms with van der Waals surface area (Å²) >= 11 is 1.62. The van der Waals surface area contributed by atoms with Crippen molar-refractivity contribution in [2.75, 3.05) is 18.5 Å². The largest absolute Gasteiger partial charge is 0.379 e. The summed E-state index contributed by atoms with van der Waals surface area (Å²) < 4.78 is 5.21. The summed E-state index contributed by atoms with van der Waals surface area (Å²) in [7, 11) is 0. The van der Waals surface area contributed by atoms with Gasteiger partial charge in [0.1, 0.15) is 0 Å². The molecule has 1 aliphatic rings. The standard InChI is InChI=1S/C15H17N3O2S/c1-9-17-14(8-21-9)10-2-4-11(5-3-10)18-15(19)12-6-20-7-13(12)16/h2-5,8,12-13H,6-7,16H2,1H3,(H,18,19). The van der Waals surface area contributed by atoms with Gasteiger partial charge in [0.25, 0.3) is 0 Å². The smallest absolute Gasteiger partial charge is 0.231 e. The Kier molecular flexibility index (Phi) is 4.01. The third-order valence-electron chi connectivity index (χ3n) is 3.53. The molecule has 5 nitrogen and oxygen atoms in total. The summed E-state index contributed by atoms with van der Waals surface area (Å²) in [4.78, 5) is 16.5. The van der Waals surface area contributed by atoms with Gasteiger partial charge < -0.3 is 15.8 Å². The molecule has 110 valence electrons. The maximum Gasteiger partial charge on any atom is 0.231 e. The van der Waals surface area contributed by atoms with Crippen LogP contribution in [0.25, 0.3) is 11.3 Å². The van der Waals surface area contributed by atoms with E-state index in [4.69, 9.17) is 10.5 Å². The van der Waals surface area contributed by atoms with Crippen molar-refractivity contribution in [3.05, 3.63) is 34.7 Å². The molecule has 1 amide bonds. The molecule has 0 spiro atoms. The lowest BCUT2D eigenvalue weighted by Gasteiger charge is -2.13. The van der Waals surface area contributed by atoms with Crippen molar-refractivity contribution in [2.45, 2.75) is 13.0 Å². The van der Waals surface area contributed by atoms with Gasteiger partial charge in [0.15, 0.2) is 0 Å². The number of nitrogens with two attached hydrogens (primary N) is 1. The highest BCUT2D eigenvalue weighted by Crippen LogP contribution is 2.23. The molecule has 21 heavy (non-hydrogen) atoms. The second-order valence-corrected chi connectivity index (χ2v) is 6.19. The number of carbonyl (C=O) groups excluding carboxylic acids is 1. The number of benzene rings is 1. The zero-order valence-electron chi connectivity index (χ0n) is 11.7. The van der Waals surface area contributed by atoms with Crippen molar-refractivity contribution < 1.29 is 9.53 Å². The van der Waals surface area contributed by atoms with Gasteiger partial charge in [0.05, 0.1) is 29.8 Å². The van der Waals surface area contributed by atoms with Crippen molar-refractivity contribution in [1.29, 1.82) is 0 Å². The number of anilines is 1. The Labute approximate surface area is 127 Å². The highest BCUT2D eigenvalue weighted by atomic mass is 32.1. The van der Waals surface area contributed by atoms with E-state index < -0.39 is 0 Å². The van der Waals surface area contributed by atoms with Gasteiger partial charge in [-0.25, -0.2) is 4.98 Å². The van der Waals surface area contributed by atoms with Crippen molar-refractivity contribution in [1.82, 2.24) is 4.98 Å². The summed E-state index contributed by atoms with van der Waals surface area (Å²) in [6.07, 6.45) is 0. The lowest BCUT2D eigenvalue weighted by atomic mass is 10.0. The van der Waals surface area contributed by atoms with E-state index in [1.807, 2.05) is 36.6 Å². The van der Waals surface area contributed by atoms with Crippen LogP contribution in [-0.2, 0) is 9.53 Å². The fourth-order valence-electron chi connectivity index (χ4n) is 2.30. The van der Waals surface area contributed by atoms with Crippen LogP contribution in [0.1, 0.15) is 5.01 Å². The third kappa shape index (κ3) is 3.12. The van der Waals surface area contributed by atoms with Crippen LogP contribution in [0.3, 0.4) is 0 Å². The van der Waals surface area contributed by atoms with E-state index >= 15 is 0 Å². The Morgan fingerprint density at radius 3 is 2.71 bits per heavy atom. The molecule has 2 aromatic rings. The molecule has 1 aromatic carbocycles. The molecule has 1 aliphatic heterocycles. The summed E-state index contributed by atoms with van der Waals surface area (Å²) in [6.45, 7) is 2.82. The predicted octanol–water partition coefficient (Wildman–Crippen LogP) is 2.03. The van der Waals surface area contributed by atoms with Crippen molar-refractivity contribution in [2.24, 2.45) is 11.7 Å². The number of nitrogens with one attached hydrogen (secondary N) is 1. The molecule has 3 rings (SSSR count). The van der Waals surface area contributed by atoms with Gasteiger partial charge in [-0.3, -0.25) is 4.79 Å². The average Bonchev–Trinajstić information content (AvgIpc) is 3.08. The lowest BCUT2D eigenvalue weighted by molar-refractivity contribution is -0.120. The van der Waals surface area contributed by atoms with E-state index in [-0.39, 0.29) is 17.9 Å². The number of aryl methyl sites for hydroxylation is 1. The minimum absolute atomic E-state index is 0.0859. The average molecular weight is 303 g/mol. The van der Waals surface area contributed by atoms with Crippen LogP contribution in [0.15, 0.2) is 29.6 Å². The molecular weight excluding hydrogens is 286 g/mol. The molecule has 3 N–H and O–H groups in total. The predicted molar refractivity (Wildman–Crippen MR) is 83.2 cm³/mol. The maximum absolute atomic E-state index is 12.1. The molecule has 1 saturated heterocycles. The Bertz CT molecular complexity index is 639. The van der Waals surface area contributed by atoms with E-state index in [2.05, 4.69) is 10.3 Å². The number of amides is 1. The number of thiazole rings is 1. The van der Waals surface area contributed by atoms with E-state index in [1.54, 1.807) is 11.3 Å². The Hall–Kier alpha value is -1.76. The fourth-order valence-corrected chi connectivity index (χ4v) is 2.92. The van der Waals surface area contributed by atoms with Gasteiger partial charge in [0.2, 0.25) is 5.91 Å². The molecule has 1 aromatic heterocycles. The topological polar surface area (TPSA) is 77.2 Å². The first-order valence-corrected chi connectivity index (χ1v) is 7.68. The second kappa shape index (κ2) is 5.93. The van der Waals surface area contributed by atoms with Crippen LogP contribution in [0.2, 0.25) is 0 Å². The van der Waals surface area contributed by atoms with E-state index in [9.17, 15) is 4.79 Å². The maximum atomic E-state index is 12.1. The quantitative estimate of drug-likeness (QED) is 0.909. The fraction of sp³-hybridized carbons (Fsp3) is 0.333. The van der Waals surface area contributed by atoms with Crippen molar-refractivity contribution in [3.63, 3.8) is 0 Å². The molecular formula is C15H17N3O2S. The summed E-state index contributed by atoms with van der Waals surface area (Å²) in [5, 5.41) is 5.95. The zero-order chi connectivity index (χ0) is 14.8. The molecule has 0 saturated carbocycles. The molecule has 0 aliphatic carbocycles. The van der Waals surface area contributed by atoms with E-state index in [0.29, 0.717) is 13.2 Å². The highest BCUT2D eigenvalue weighted by Gasteiger charge is 2.31. The highest BCUT2D eigenvalue weighted by molar-refractivity contribution is 7.09. The van der Waals surface area contributed by atoms with Crippen LogP contribution in [0.5, 0.6) is 0 Å². The molecule has 2 unspecified atom stereocenters. The SMILES string of the molecule is Cc1nc(-c2ccc(NC(=O)C3COCC3N)cc2)cs1. The van der Waals surface area contributed by atoms with Gasteiger partial charge in [-0.05, 0) is 19.1 Å². The number of hydrogen-bond donors (Lipinski definition) is 2. The van der Waals surface area contributed by atoms with Crippen LogP contribution in [-0.4, -0.2) is 30.1 Å². The summed E-state index contributed by atoms with van der Waals surface area (Å²) in [6, 6.07) is 7.44. The molecule has 2 heterocycles. The Morgan fingerprint density at radius 1 is 1.38 bits per heavy atom. The molecule has 1 fully saturated rings. The Balaban J connectivity index is 1.68. The van der Waals surface area contributed by atoms with Gasteiger partial charge in [-0.1, -0.05) is 12.1 Å². The minimum atomic E-state index is -0.272. The molecule has 0 bridgehead atoms. The van der Waals surface area contributed by atoms with Gasteiger partial charge in [-0.2, -0.15) is 0 Å². The van der Waals surface area contributed by atoms with Gasteiger partial charge in [-0.15, -0.1) is 11.3 Å². The molecule has 2 atom stereocenters. The summed E-state index contributed by atoms with van der Waals surface area (Å²) in [5.41, 5.74) is 8.60. The number of aromatic nitrogens is 1. The first kappa shape index (κ1) is 14.2. The Morgan fingerprint density at radius 2 is 2.14 bits per heavy atom. The van der Waals surface area contributed by atoms with Crippen LogP contribution < -0.4 is 11.1 Å². The van der Waals surface area contributed by atoms with Crippen molar-refractivity contribution in [3.8, 4) is 11.3 Å². The molecule has 6 heteroatoms.